The molecule has 0 aromatic heterocycles. The highest BCUT2D eigenvalue weighted by molar-refractivity contribution is 9.09. The lowest BCUT2D eigenvalue weighted by molar-refractivity contribution is -0.149. The second-order valence-corrected chi connectivity index (χ2v) is 6.08. The molecule has 18 heavy (non-hydrogen) atoms. The first-order valence-corrected chi connectivity index (χ1v) is 7.88. The number of rotatable bonds is 6. The first kappa shape index (κ1) is 16.3. The second kappa shape index (κ2) is 7.13. The minimum Gasteiger partial charge on any atom is -0.294 e. The molecule has 0 bridgehead atoms. The lowest BCUT2D eigenvalue weighted by Gasteiger charge is -2.40. The first-order chi connectivity index (χ1) is 8.41. The van der Waals surface area contributed by atoms with Crippen LogP contribution < -0.4 is 0 Å². The summed E-state index contributed by atoms with van der Waals surface area (Å²) in [6, 6.07) is 0. The molecule has 0 N–H and O–H groups in total. The maximum Gasteiger partial charge on any atom is 0.401 e. The Balaban J connectivity index is 2.62. The van der Waals surface area contributed by atoms with Crippen LogP contribution in [0.25, 0.3) is 0 Å². The third-order valence-electron chi connectivity index (χ3n) is 3.70. The molecule has 0 aromatic rings. The summed E-state index contributed by atoms with van der Waals surface area (Å²) in [4.78, 5) is 1.59. The summed E-state index contributed by atoms with van der Waals surface area (Å²) in [6.45, 7) is 2.28. The molecular formula is C13H23BrF3N. The van der Waals surface area contributed by atoms with Gasteiger partial charge in [-0.1, -0.05) is 42.1 Å². The van der Waals surface area contributed by atoms with Crippen molar-refractivity contribution in [3.63, 3.8) is 0 Å². The molecule has 0 atom stereocenters. The number of nitrogens with zero attached hydrogens (tertiary/aromatic N) is 1. The lowest BCUT2D eigenvalue weighted by atomic mass is 9.75. The molecule has 0 aliphatic heterocycles. The smallest absolute Gasteiger partial charge is 0.294 e. The summed E-state index contributed by atoms with van der Waals surface area (Å²) >= 11 is 3.52. The van der Waals surface area contributed by atoms with Crippen molar-refractivity contribution in [3.8, 4) is 0 Å². The van der Waals surface area contributed by atoms with E-state index < -0.39 is 12.7 Å². The third-order valence-corrected chi connectivity index (χ3v) is 4.89. The highest BCUT2D eigenvalue weighted by Gasteiger charge is 2.37. The van der Waals surface area contributed by atoms with Crippen LogP contribution in [0, 0.1) is 5.41 Å². The van der Waals surface area contributed by atoms with Crippen molar-refractivity contribution in [2.24, 2.45) is 5.41 Å². The van der Waals surface area contributed by atoms with Crippen LogP contribution in [0.4, 0.5) is 13.2 Å². The summed E-state index contributed by atoms with van der Waals surface area (Å²) < 4.78 is 37.7. The zero-order chi connectivity index (χ0) is 13.6. The van der Waals surface area contributed by atoms with Crippen molar-refractivity contribution in [3.05, 3.63) is 0 Å². The van der Waals surface area contributed by atoms with E-state index in [2.05, 4.69) is 15.9 Å². The Bertz CT molecular complexity index is 237. The van der Waals surface area contributed by atoms with Crippen LogP contribution in [0.2, 0.25) is 0 Å². The van der Waals surface area contributed by atoms with Gasteiger partial charge in [0.15, 0.2) is 0 Å². The van der Waals surface area contributed by atoms with Gasteiger partial charge in [0, 0.05) is 11.9 Å². The maximum absolute atomic E-state index is 12.6. The Labute approximate surface area is 116 Å². The van der Waals surface area contributed by atoms with E-state index in [9.17, 15) is 13.2 Å². The summed E-state index contributed by atoms with van der Waals surface area (Å²) in [7, 11) is 0. The van der Waals surface area contributed by atoms with Crippen molar-refractivity contribution >= 4 is 15.9 Å². The molecule has 0 radical (unpaired) electrons. The Morgan fingerprint density at radius 2 is 1.78 bits per heavy atom. The van der Waals surface area contributed by atoms with Crippen LogP contribution in [0.5, 0.6) is 0 Å². The normalized spacial score (nSPS) is 20.3. The molecule has 1 nitrogen and oxygen atoms in total. The Morgan fingerprint density at radius 1 is 1.17 bits per heavy atom. The van der Waals surface area contributed by atoms with E-state index in [1.165, 1.54) is 6.42 Å². The summed E-state index contributed by atoms with van der Waals surface area (Å²) in [5.41, 5.74) is 0.0542. The topological polar surface area (TPSA) is 3.24 Å². The number of hydrogen-bond acceptors (Lipinski definition) is 1. The number of hydrogen-bond donors (Lipinski definition) is 0. The standard InChI is InChI=1S/C13H23BrF3N/c1-2-8-18(11-13(15,16)17)10-12(9-14)6-4-3-5-7-12/h2-11H2,1H3. The fourth-order valence-electron chi connectivity index (χ4n) is 2.89. The van der Waals surface area contributed by atoms with Gasteiger partial charge >= 0.3 is 6.18 Å². The van der Waals surface area contributed by atoms with Crippen molar-refractivity contribution in [1.29, 1.82) is 0 Å². The van der Waals surface area contributed by atoms with Gasteiger partial charge in [-0.05, 0) is 31.2 Å². The molecule has 0 amide bonds. The molecular weight excluding hydrogens is 307 g/mol. The van der Waals surface area contributed by atoms with Crippen molar-refractivity contribution in [2.45, 2.75) is 51.6 Å². The Kier molecular flexibility index (Phi) is 6.45. The molecule has 0 saturated heterocycles. The van der Waals surface area contributed by atoms with E-state index in [0.717, 1.165) is 37.4 Å². The van der Waals surface area contributed by atoms with Gasteiger partial charge in [-0.2, -0.15) is 13.2 Å². The molecule has 1 saturated carbocycles. The van der Waals surface area contributed by atoms with Crippen LogP contribution in [0.1, 0.15) is 45.4 Å². The minimum atomic E-state index is -4.09. The molecule has 1 aliphatic carbocycles. The van der Waals surface area contributed by atoms with Crippen LogP contribution in [-0.2, 0) is 0 Å². The fourth-order valence-corrected chi connectivity index (χ4v) is 3.63. The summed E-state index contributed by atoms with van der Waals surface area (Å²) in [5, 5.41) is 0.818. The first-order valence-electron chi connectivity index (χ1n) is 6.76. The SMILES string of the molecule is CCCN(CC(F)(F)F)CC1(CBr)CCCCC1. The Hall–Kier alpha value is 0.230. The van der Waals surface area contributed by atoms with Gasteiger partial charge in [0.05, 0.1) is 6.54 Å². The van der Waals surface area contributed by atoms with Crippen LogP contribution in [0.15, 0.2) is 0 Å². The van der Waals surface area contributed by atoms with Crippen molar-refractivity contribution < 1.29 is 13.2 Å². The third kappa shape index (κ3) is 5.47. The van der Waals surface area contributed by atoms with E-state index in [-0.39, 0.29) is 5.41 Å². The highest BCUT2D eigenvalue weighted by atomic mass is 79.9. The van der Waals surface area contributed by atoms with Gasteiger partial charge in [0.2, 0.25) is 0 Å². The van der Waals surface area contributed by atoms with E-state index in [0.29, 0.717) is 13.1 Å². The largest absolute Gasteiger partial charge is 0.401 e. The highest BCUT2D eigenvalue weighted by Crippen LogP contribution is 2.39. The van der Waals surface area contributed by atoms with Gasteiger partial charge in [0.1, 0.15) is 0 Å². The van der Waals surface area contributed by atoms with Crippen molar-refractivity contribution in [2.75, 3.05) is 25.0 Å². The minimum absolute atomic E-state index is 0.0542. The van der Waals surface area contributed by atoms with Gasteiger partial charge in [0.25, 0.3) is 0 Å². The zero-order valence-corrected chi connectivity index (χ0v) is 12.6. The molecule has 1 rings (SSSR count). The predicted octanol–water partition coefficient (Wildman–Crippen LogP) is 4.61. The lowest BCUT2D eigenvalue weighted by Crippen LogP contribution is -2.44. The number of alkyl halides is 4. The van der Waals surface area contributed by atoms with Gasteiger partial charge in [-0.3, -0.25) is 4.90 Å². The van der Waals surface area contributed by atoms with Gasteiger partial charge in [-0.25, -0.2) is 0 Å². The predicted molar refractivity (Wildman–Crippen MR) is 72.1 cm³/mol. The molecule has 0 unspecified atom stereocenters. The molecule has 0 heterocycles. The number of halogens is 4. The van der Waals surface area contributed by atoms with Gasteiger partial charge in [-0.15, -0.1) is 0 Å². The molecule has 0 aromatic carbocycles. The molecule has 0 spiro atoms. The van der Waals surface area contributed by atoms with Crippen LogP contribution >= 0.6 is 15.9 Å². The molecule has 5 heteroatoms. The quantitative estimate of drug-likeness (QED) is 0.643. The fraction of sp³-hybridized carbons (Fsp3) is 1.00. The van der Waals surface area contributed by atoms with Crippen molar-refractivity contribution in [1.82, 2.24) is 4.90 Å². The van der Waals surface area contributed by atoms with Gasteiger partial charge < -0.3 is 0 Å². The van der Waals surface area contributed by atoms with Crippen LogP contribution in [-0.4, -0.2) is 36.0 Å². The molecule has 1 aliphatic rings. The average Bonchev–Trinajstić information content (AvgIpc) is 2.28. The van der Waals surface area contributed by atoms with E-state index in [4.69, 9.17) is 0 Å². The zero-order valence-electron chi connectivity index (χ0n) is 11.0. The van der Waals surface area contributed by atoms with E-state index in [1.54, 1.807) is 4.90 Å². The average molecular weight is 330 g/mol. The summed E-state index contributed by atoms with van der Waals surface area (Å²) in [5.74, 6) is 0. The van der Waals surface area contributed by atoms with E-state index >= 15 is 0 Å². The molecule has 1 fully saturated rings. The monoisotopic (exact) mass is 329 g/mol. The Morgan fingerprint density at radius 3 is 2.22 bits per heavy atom. The van der Waals surface area contributed by atoms with Crippen LogP contribution in [0.3, 0.4) is 0 Å². The maximum atomic E-state index is 12.6. The summed E-state index contributed by atoms with van der Waals surface area (Å²) in [6.07, 6.45) is 2.31. The molecule has 108 valence electrons. The second-order valence-electron chi connectivity index (χ2n) is 5.52. The van der Waals surface area contributed by atoms with E-state index in [1.807, 2.05) is 6.92 Å².